The first-order chi connectivity index (χ1) is 13.9. The number of nitrogens with zero attached hydrogens (tertiary/aromatic N) is 1. The highest BCUT2D eigenvalue weighted by Crippen LogP contribution is 2.31. The highest BCUT2D eigenvalue weighted by Gasteiger charge is 2.33. The normalized spacial score (nSPS) is 15.6. The monoisotopic (exact) mass is 402 g/mol. The second-order valence-electron chi connectivity index (χ2n) is 6.75. The first-order valence-electron chi connectivity index (χ1n) is 9.25. The third kappa shape index (κ3) is 3.81. The van der Waals surface area contributed by atoms with Gasteiger partial charge in [-0.3, -0.25) is 4.79 Å². The molecule has 4 rings (SSSR count). The van der Waals surface area contributed by atoms with Gasteiger partial charge in [-0.05, 0) is 37.3 Å². The summed E-state index contributed by atoms with van der Waals surface area (Å²) in [5.74, 6) is -2.78. The molecule has 1 amide bonds. The van der Waals surface area contributed by atoms with Gasteiger partial charge in [0, 0.05) is 36.6 Å². The number of amides is 1. The SMILES string of the molecule is CCn1cc(C(=O)Nc2ccc(F)cc2F)c2cc(OC3(C)OCCO3)ccc21. The summed E-state index contributed by atoms with van der Waals surface area (Å²) >= 11 is 0. The number of ether oxygens (including phenoxy) is 3. The summed E-state index contributed by atoms with van der Waals surface area (Å²) in [4.78, 5) is 12.8. The summed E-state index contributed by atoms with van der Waals surface area (Å²) in [5.41, 5.74) is 1.07. The molecule has 0 bridgehead atoms. The number of fused-ring (bicyclic) bond motifs is 1. The van der Waals surface area contributed by atoms with E-state index in [1.165, 1.54) is 6.07 Å². The fourth-order valence-corrected chi connectivity index (χ4v) is 3.33. The van der Waals surface area contributed by atoms with Crippen molar-refractivity contribution in [3.63, 3.8) is 0 Å². The van der Waals surface area contributed by atoms with Crippen LogP contribution in [0.2, 0.25) is 0 Å². The molecule has 1 N–H and O–H groups in total. The van der Waals surface area contributed by atoms with Crippen molar-refractivity contribution in [1.82, 2.24) is 4.57 Å². The zero-order chi connectivity index (χ0) is 20.6. The van der Waals surface area contributed by atoms with Gasteiger partial charge in [0.05, 0.1) is 24.5 Å². The highest BCUT2D eigenvalue weighted by atomic mass is 19.1. The van der Waals surface area contributed by atoms with E-state index in [4.69, 9.17) is 14.2 Å². The fraction of sp³-hybridized carbons (Fsp3) is 0.286. The number of hydrogen-bond acceptors (Lipinski definition) is 4. The van der Waals surface area contributed by atoms with Gasteiger partial charge in [-0.1, -0.05) is 0 Å². The quantitative estimate of drug-likeness (QED) is 0.692. The van der Waals surface area contributed by atoms with E-state index in [-0.39, 0.29) is 5.69 Å². The van der Waals surface area contributed by atoms with Crippen molar-refractivity contribution in [2.45, 2.75) is 26.4 Å². The summed E-state index contributed by atoms with van der Waals surface area (Å²) in [6.07, 6.45) is 1.69. The lowest BCUT2D eigenvalue weighted by Gasteiger charge is -2.23. The van der Waals surface area contributed by atoms with E-state index >= 15 is 0 Å². The van der Waals surface area contributed by atoms with Crippen molar-refractivity contribution in [3.05, 3.63) is 59.8 Å². The predicted octanol–water partition coefficient (Wildman–Crippen LogP) is 4.29. The van der Waals surface area contributed by atoms with Crippen LogP contribution in [0.1, 0.15) is 24.2 Å². The first-order valence-corrected chi connectivity index (χ1v) is 9.25. The Morgan fingerprint density at radius 2 is 1.97 bits per heavy atom. The number of carbonyl (C=O) groups excluding carboxylic acids is 1. The minimum atomic E-state index is -1.18. The van der Waals surface area contributed by atoms with Crippen LogP contribution in [-0.4, -0.2) is 29.7 Å². The Labute approximate surface area is 166 Å². The van der Waals surface area contributed by atoms with Gasteiger partial charge in [0.15, 0.2) is 0 Å². The molecule has 6 nitrogen and oxygen atoms in total. The van der Waals surface area contributed by atoms with Crippen molar-refractivity contribution >= 4 is 22.5 Å². The van der Waals surface area contributed by atoms with Crippen LogP contribution in [0.25, 0.3) is 10.9 Å². The van der Waals surface area contributed by atoms with E-state index in [1.807, 2.05) is 17.6 Å². The number of benzene rings is 2. The zero-order valence-corrected chi connectivity index (χ0v) is 16.0. The summed E-state index contributed by atoms with van der Waals surface area (Å²) in [6.45, 7) is 5.13. The maximum Gasteiger partial charge on any atom is 0.324 e. The van der Waals surface area contributed by atoms with Gasteiger partial charge >= 0.3 is 5.97 Å². The Balaban J connectivity index is 1.68. The average molecular weight is 402 g/mol. The Kier molecular flexibility index (Phi) is 4.97. The van der Waals surface area contributed by atoms with Crippen LogP contribution in [0.3, 0.4) is 0 Å². The summed E-state index contributed by atoms with van der Waals surface area (Å²) in [6, 6.07) is 8.31. The molecule has 0 atom stereocenters. The van der Waals surface area contributed by atoms with E-state index in [2.05, 4.69) is 5.32 Å². The molecule has 2 aromatic carbocycles. The van der Waals surface area contributed by atoms with Crippen molar-refractivity contribution in [2.75, 3.05) is 18.5 Å². The third-order valence-electron chi connectivity index (χ3n) is 4.73. The Hall–Kier alpha value is -2.97. The van der Waals surface area contributed by atoms with Gasteiger partial charge in [-0.15, -0.1) is 0 Å². The number of aryl methyl sites for hydroxylation is 1. The number of nitrogens with one attached hydrogen (secondary N) is 1. The van der Waals surface area contributed by atoms with Gasteiger partial charge in [0.25, 0.3) is 5.91 Å². The van der Waals surface area contributed by atoms with Crippen LogP contribution >= 0.6 is 0 Å². The molecule has 0 unspecified atom stereocenters. The Morgan fingerprint density at radius 3 is 2.66 bits per heavy atom. The van der Waals surface area contributed by atoms with Gasteiger partial charge in [0.1, 0.15) is 17.4 Å². The lowest BCUT2D eigenvalue weighted by Crippen LogP contribution is -2.33. The fourth-order valence-electron chi connectivity index (χ4n) is 3.33. The summed E-state index contributed by atoms with van der Waals surface area (Å²) < 4.78 is 45.7. The minimum Gasteiger partial charge on any atom is -0.439 e. The molecule has 2 heterocycles. The number of anilines is 1. The molecular formula is C21H20F2N2O4. The molecule has 1 aliphatic heterocycles. The molecular weight excluding hydrogens is 382 g/mol. The molecule has 1 fully saturated rings. The van der Waals surface area contributed by atoms with Crippen molar-refractivity contribution in [2.24, 2.45) is 0 Å². The molecule has 152 valence electrons. The number of carbonyl (C=O) groups is 1. The molecule has 3 aromatic rings. The highest BCUT2D eigenvalue weighted by molar-refractivity contribution is 6.13. The van der Waals surface area contributed by atoms with Gasteiger partial charge in [-0.25, -0.2) is 8.78 Å². The van der Waals surface area contributed by atoms with E-state index in [1.54, 1.807) is 25.3 Å². The Morgan fingerprint density at radius 1 is 1.21 bits per heavy atom. The first kappa shape index (κ1) is 19.4. The van der Waals surface area contributed by atoms with Gasteiger partial charge in [-0.2, -0.15) is 0 Å². The molecule has 0 aliphatic carbocycles. The van der Waals surface area contributed by atoms with Crippen LogP contribution < -0.4 is 10.1 Å². The van der Waals surface area contributed by atoms with Crippen LogP contribution in [0, 0.1) is 11.6 Å². The molecule has 1 saturated heterocycles. The van der Waals surface area contributed by atoms with Crippen molar-refractivity contribution < 1.29 is 27.8 Å². The maximum absolute atomic E-state index is 13.9. The summed E-state index contributed by atoms with van der Waals surface area (Å²) in [5, 5.41) is 3.13. The molecule has 8 heteroatoms. The average Bonchev–Trinajstić information content (AvgIpc) is 3.27. The van der Waals surface area contributed by atoms with Crippen molar-refractivity contribution in [3.8, 4) is 5.75 Å². The lowest BCUT2D eigenvalue weighted by atomic mass is 10.1. The van der Waals surface area contributed by atoms with Crippen LogP contribution in [-0.2, 0) is 16.0 Å². The van der Waals surface area contributed by atoms with Gasteiger partial charge < -0.3 is 24.1 Å². The number of rotatable bonds is 5. The van der Waals surface area contributed by atoms with Crippen LogP contribution in [0.5, 0.6) is 5.75 Å². The van der Waals surface area contributed by atoms with Crippen LogP contribution in [0.4, 0.5) is 14.5 Å². The van der Waals surface area contributed by atoms with E-state index < -0.39 is 23.5 Å². The molecule has 1 aliphatic rings. The third-order valence-corrected chi connectivity index (χ3v) is 4.73. The topological polar surface area (TPSA) is 61.7 Å². The van der Waals surface area contributed by atoms with E-state index in [0.717, 1.165) is 17.6 Å². The minimum absolute atomic E-state index is 0.0959. The summed E-state index contributed by atoms with van der Waals surface area (Å²) in [7, 11) is 0. The largest absolute Gasteiger partial charge is 0.439 e. The smallest absolute Gasteiger partial charge is 0.324 e. The molecule has 0 saturated carbocycles. The van der Waals surface area contributed by atoms with Crippen molar-refractivity contribution in [1.29, 1.82) is 0 Å². The number of hydrogen-bond donors (Lipinski definition) is 1. The second-order valence-corrected chi connectivity index (χ2v) is 6.75. The van der Waals surface area contributed by atoms with E-state index in [0.29, 0.717) is 36.5 Å². The molecule has 29 heavy (non-hydrogen) atoms. The van der Waals surface area contributed by atoms with Gasteiger partial charge in [0.2, 0.25) is 0 Å². The molecule has 0 radical (unpaired) electrons. The molecule has 0 spiro atoms. The Bertz CT molecular complexity index is 1070. The second kappa shape index (κ2) is 7.46. The standard InChI is InChI=1S/C21H20F2N2O4/c1-3-25-12-16(20(26)24-18-6-4-13(22)10-17(18)23)15-11-14(5-7-19(15)25)29-21(2)27-8-9-28-21/h4-7,10-12H,3,8-9H2,1-2H3,(H,24,26). The molecule has 1 aromatic heterocycles. The number of halogens is 2. The predicted molar refractivity (Wildman–Crippen MR) is 103 cm³/mol. The maximum atomic E-state index is 13.9. The lowest BCUT2D eigenvalue weighted by molar-refractivity contribution is -0.272. The number of aromatic nitrogens is 1. The van der Waals surface area contributed by atoms with Crippen LogP contribution in [0.15, 0.2) is 42.6 Å². The zero-order valence-electron chi connectivity index (χ0n) is 16.0. The van der Waals surface area contributed by atoms with E-state index in [9.17, 15) is 13.6 Å².